The summed E-state index contributed by atoms with van der Waals surface area (Å²) in [6, 6.07) is 13.6. The summed E-state index contributed by atoms with van der Waals surface area (Å²) in [5, 5.41) is 10.3. The average molecular weight is 382 g/mol. The van der Waals surface area contributed by atoms with Crippen LogP contribution in [0.1, 0.15) is 35.9 Å². The molecule has 1 aromatic carbocycles. The smallest absolute Gasteiger partial charge is 0.321 e. The number of hydrogen-bond acceptors (Lipinski definition) is 4. The lowest BCUT2D eigenvalue weighted by atomic mass is 10.2. The van der Waals surface area contributed by atoms with E-state index < -0.39 is 0 Å². The quantitative estimate of drug-likeness (QED) is 0.574. The van der Waals surface area contributed by atoms with Crippen LogP contribution in [-0.2, 0) is 12.3 Å². The Bertz CT molecular complexity index is 885. The molecule has 1 saturated carbocycles. The molecule has 0 radical (unpaired) electrons. The highest BCUT2D eigenvalue weighted by Gasteiger charge is 2.26. The number of aromatic amines is 1. The highest BCUT2D eigenvalue weighted by atomic mass is 32.2. The summed E-state index contributed by atoms with van der Waals surface area (Å²) in [6.07, 6.45) is 4.12. The molecule has 7 heteroatoms. The highest BCUT2D eigenvalue weighted by Crippen LogP contribution is 2.39. The van der Waals surface area contributed by atoms with Crippen LogP contribution in [0, 0.1) is 0 Å². The molecule has 6 nitrogen and oxygen atoms in total. The van der Waals surface area contributed by atoms with Gasteiger partial charge in [-0.3, -0.25) is 5.10 Å². The Hall–Kier alpha value is -2.67. The maximum Gasteiger partial charge on any atom is 0.321 e. The lowest BCUT2D eigenvalue weighted by Crippen LogP contribution is -2.30. The topological polar surface area (TPSA) is 74.2 Å². The van der Waals surface area contributed by atoms with Gasteiger partial charge in [0, 0.05) is 23.5 Å². The number of amides is 2. The number of furan rings is 1. The third-order valence-electron chi connectivity index (χ3n) is 4.47. The van der Waals surface area contributed by atoms with Crippen LogP contribution in [-0.4, -0.2) is 28.2 Å². The number of hydrogen-bond donors (Lipinski definition) is 2. The molecule has 1 aliphatic carbocycles. The number of anilines is 1. The summed E-state index contributed by atoms with van der Waals surface area (Å²) in [6.45, 7) is 0.503. The number of thioether (sulfide) groups is 1. The van der Waals surface area contributed by atoms with Crippen molar-refractivity contribution < 1.29 is 9.21 Å². The molecule has 0 aliphatic heterocycles. The van der Waals surface area contributed by atoms with Gasteiger partial charge in [0.1, 0.15) is 5.76 Å². The zero-order chi connectivity index (χ0) is 18.6. The number of nitrogens with one attached hydrogen (secondary N) is 2. The Morgan fingerprint density at radius 3 is 2.85 bits per heavy atom. The van der Waals surface area contributed by atoms with Gasteiger partial charge in [0.05, 0.1) is 29.9 Å². The van der Waals surface area contributed by atoms with Crippen molar-refractivity contribution in [2.24, 2.45) is 0 Å². The van der Waals surface area contributed by atoms with E-state index in [4.69, 9.17) is 4.42 Å². The van der Waals surface area contributed by atoms with E-state index in [9.17, 15) is 4.79 Å². The maximum atomic E-state index is 12.4. The molecule has 2 heterocycles. The second-order valence-corrected chi connectivity index (χ2v) is 7.82. The second kappa shape index (κ2) is 7.92. The molecule has 0 unspecified atom stereocenters. The standard InChI is InChI=1S/C20H22N4O2S/c1-24(12-16-11-19(23-22-16)14-4-5-14)20(25)21-15-6-8-18(9-7-15)27-13-17-3-2-10-26-17/h2-3,6-11,14H,4-5,12-13H2,1H3,(H,21,25)(H,22,23). The average Bonchev–Trinajstić information content (AvgIpc) is 3.19. The molecule has 1 aliphatic rings. The van der Waals surface area contributed by atoms with Gasteiger partial charge in [0.2, 0.25) is 0 Å². The van der Waals surface area contributed by atoms with Gasteiger partial charge in [-0.15, -0.1) is 11.8 Å². The molecule has 4 rings (SSSR count). The molecule has 0 bridgehead atoms. The molecule has 2 aromatic heterocycles. The van der Waals surface area contributed by atoms with Crippen LogP contribution in [0.3, 0.4) is 0 Å². The Morgan fingerprint density at radius 1 is 1.33 bits per heavy atom. The summed E-state index contributed by atoms with van der Waals surface area (Å²) in [5.41, 5.74) is 2.85. The fourth-order valence-electron chi connectivity index (χ4n) is 2.78. The first-order valence-corrected chi connectivity index (χ1v) is 9.97. The van der Waals surface area contributed by atoms with E-state index in [-0.39, 0.29) is 6.03 Å². The van der Waals surface area contributed by atoms with Crippen LogP contribution in [0.2, 0.25) is 0 Å². The summed E-state index contributed by atoms with van der Waals surface area (Å²) in [4.78, 5) is 15.2. The van der Waals surface area contributed by atoms with E-state index in [1.54, 1.807) is 30.0 Å². The maximum absolute atomic E-state index is 12.4. The molecule has 2 N–H and O–H groups in total. The molecule has 140 valence electrons. The highest BCUT2D eigenvalue weighted by molar-refractivity contribution is 7.98. The minimum atomic E-state index is -0.145. The van der Waals surface area contributed by atoms with E-state index in [1.165, 1.54) is 12.8 Å². The Morgan fingerprint density at radius 2 is 2.15 bits per heavy atom. The third-order valence-corrected chi connectivity index (χ3v) is 5.50. The minimum absolute atomic E-state index is 0.145. The lowest BCUT2D eigenvalue weighted by molar-refractivity contribution is 0.220. The van der Waals surface area contributed by atoms with Gasteiger partial charge in [-0.2, -0.15) is 5.10 Å². The first-order valence-electron chi connectivity index (χ1n) is 8.99. The van der Waals surface area contributed by atoms with Gasteiger partial charge in [-0.25, -0.2) is 4.79 Å². The molecular weight excluding hydrogens is 360 g/mol. The molecular formula is C20H22N4O2S. The van der Waals surface area contributed by atoms with Crippen LogP contribution in [0.5, 0.6) is 0 Å². The van der Waals surface area contributed by atoms with Crippen molar-refractivity contribution in [2.45, 2.75) is 36.0 Å². The summed E-state index contributed by atoms with van der Waals surface area (Å²) < 4.78 is 5.33. The number of carbonyl (C=O) groups is 1. The first kappa shape index (κ1) is 17.7. The van der Waals surface area contributed by atoms with Gasteiger partial charge in [0.25, 0.3) is 0 Å². The van der Waals surface area contributed by atoms with Crippen LogP contribution in [0.25, 0.3) is 0 Å². The molecule has 2 amide bonds. The predicted octanol–water partition coefficient (Wildman–Crippen LogP) is 4.84. The Labute approximate surface area is 162 Å². The van der Waals surface area contributed by atoms with Crippen LogP contribution in [0.15, 0.2) is 58.0 Å². The first-order chi connectivity index (χ1) is 13.2. The number of carbonyl (C=O) groups excluding carboxylic acids is 1. The minimum Gasteiger partial charge on any atom is -0.468 e. The zero-order valence-corrected chi connectivity index (χ0v) is 16.0. The van der Waals surface area contributed by atoms with Crippen molar-refractivity contribution in [3.05, 3.63) is 65.9 Å². The molecule has 1 fully saturated rings. The van der Waals surface area contributed by atoms with Gasteiger partial charge < -0.3 is 14.6 Å². The number of H-pyrrole nitrogens is 1. The second-order valence-electron chi connectivity index (χ2n) is 6.77. The number of benzene rings is 1. The fourth-order valence-corrected chi connectivity index (χ4v) is 3.58. The van der Waals surface area contributed by atoms with Crippen molar-refractivity contribution in [3.63, 3.8) is 0 Å². The predicted molar refractivity (Wildman–Crippen MR) is 106 cm³/mol. The van der Waals surface area contributed by atoms with Gasteiger partial charge in [-0.05, 0) is 55.3 Å². The number of urea groups is 1. The van der Waals surface area contributed by atoms with Gasteiger partial charge in [0.15, 0.2) is 0 Å². The molecule has 27 heavy (non-hydrogen) atoms. The zero-order valence-electron chi connectivity index (χ0n) is 15.1. The molecule has 0 atom stereocenters. The van der Waals surface area contributed by atoms with E-state index in [2.05, 4.69) is 21.6 Å². The molecule has 0 saturated heterocycles. The van der Waals surface area contributed by atoms with Crippen LogP contribution in [0.4, 0.5) is 10.5 Å². The summed E-state index contributed by atoms with van der Waals surface area (Å²) in [5.74, 6) is 2.34. The number of rotatable bonds is 7. The Balaban J connectivity index is 1.27. The molecule has 0 spiro atoms. The van der Waals surface area contributed by atoms with Crippen molar-refractivity contribution in [1.29, 1.82) is 0 Å². The van der Waals surface area contributed by atoms with Crippen molar-refractivity contribution in [2.75, 3.05) is 12.4 Å². The summed E-state index contributed by atoms with van der Waals surface area (Å²) >= 11 is 1.70. The monoisotopic (exact) mass is 382 g/mol. The third kappa shape index (κ3) is 4.74. The van der Waals surface area contributed by atoms with Gasteiger partial charge in [-0.1, -0.05) is 0 Å². The van der Waals surface area contributed by atoms with Crippen molar-refractivity contribution >= 4 is 23.5 Å². The fraction of sp³-hybridized carbons (Fsp3) is 0.300. The van der Waals surface area contributed by atoms with E-state index in [0.717, 1.165) is 33.5 Å². The van der Waals surface area contributed by atoms with Crippen molar-refractivity contribution in [3.8, 4) is 0 Å². The lowest BCUT2D eigenvalue weighted by Gasteiger charge is -2.17. The summed E-state index contributed by atoms with van der Waals surface area (Å²) in [7, 11) is 1.78. The van der Waals surface area contributed by atoms with E-state index in [0.29, 0.717) is 12.5 Å². The largest absolute Gasteiger partial charge is 0.468 e. The SMILES string of the molecule is CN(Cc1cc(C2CC2)n[nH]1)C(=O)Nc1ccc(SCc2ccco2)cc1. The van der Waals surface area contributed by atoms with E-state index >= 15 is 0 Å². The van der Waals surface area contributed by atoms with Crippen molar-refractivity contribution in [1.82, 2.24) is 15.1 Å². The van der Waals surface area contributed by atoms with E-state index in [1.807, 2.05) is 36.4 Å². The number of aromatic nitrogens is 2. The Kier molecular flexibility index (Phi) is 5.20. The normalized spacial score (nSPS) is 13.5. The van der Waals surface area contributed by atoms with Crippen LogP contribution >= 0.6 is 11.8 Å². The van der Waals surface area contributed by atoms with Gasteiger partial charge >= 0.3 is 6.03 Å². The molecule has 3 aromatic rings. The van der Waals surface area contributed by atoms with Crippen LogP contribution < -0.4 is 5.32 Å². The number of nitrogens with zero attached hydrogens (tertiary/aromatic N) is 2.